The molecule has 0 N–H and O–H groups in total. The van der Waals surface area contributed by atoms with Crippen molar-refractivity contribution in [3.05, 3.63) is 235 Å². The number of hydrogen-bond donors (Lipinski definition) is 0. The number of rotatable bonds is 4. The standard InChI is InChI=1S/C31H17N5.C29H19N3/c1-33-21-14-16-29-25(18-21)23-8-3-5-10-27(23)36(29)31-12-6-11-30(34-31)35-26-9-4-2-7-22(26)24-17-20(19-32)13-15-28(24)35;1-5-14-24-20(10-1)21-11-2-6-15-25(21)31(24)28-18-9-19-29(30-28)32-26-16-7-3-12-22(26)23-13-4-8-17-27(23)32/h2-18H;1-19H. The van der Waals surface area contributed by atoms with Crippen LogP contribution in [0.15, 0.2) is 218 Å². The molecule has 0 aliphatic carbocycles. The average Bonchev–Trinajstić information content (AvgIpc) is 4.13. The van der Waals surface area contributed by atoms with Gasteiger partial charge in [0.2, 0.25) is 0 Å². The van der Waals surface area contributed by atoms with E-state index in [0.29, 0.717) is 11.3 Å². The van der Waals surface area contributed by atoms with Gasteiger partial charge in [0.1, 0.15) is 23.3 Å². The first-order chi connectivity index (χ1) is 33.7. The maximum absolute atomic E-state index is 9.45. The van der Waals surface area contributed by atoms with E-state index in [9.17, 15) is 5.26 Å². The van der Waals surface area contributed by atoms with E-state index in [1.54, 1.807) is 0 Å². The molecule has 0 amide bonds. The smallest absolute Gasteiger partial charge is 0.188 e. The van der Waals surface area contributed by atoms with Gasteiger partial charge >= 0.3 is 0 Å². The van der Waals surface area contributed by atoms with E-state index in [0.717, 1.165) is 66.9 Å². The summed E-state index contributed by atoms with van der Waals surface area (Å²) in [7, 11) is 0. The van der Waals surface area contributed by atoms with Gasteiger partial charge in [0, 0.05) is 37.7 Å². The molecule has 0 unspecified atom stereocenters. The highest BCUT2D eigenvalue weighted by Gasteiger charge is 2.19. The minimum Gasteiger partial charge on any atom is -0.294 e. The first kappa shape index (κ1) is 38.7. The molecule has 6 aromatic heterocycles. The van der Waals surface area contributed by atoms with Crippen LogP contribution in [-0.2, 0) is 0 Å². The summed E-state index contributed by atoms with van der Waals surface area (Å²) in [6.07, 6.45) is 0. The molecule has 68 heavy (non-hydrogen) atoms. The molecule has 8 heteroatoms. The molecule has 14 rings (SSSR count). The fourth-order valence-corrected chi connectivity index (χ4v) is 10.2. The van der Waals surface area contributed by atoms with Gasteiger partial charge < -0.3 is 0 Å². The predicted octanol–water partition coefficient (Wildman–Crippen LogP) is 15.0. The van der Waals surface area contributed by atoms with Crippen molar-refractivity contribution in [3.8, 4) is 29.3 Å². The van der Waals surface area contributed by atoms with Crippen LogP contribution in [0, 0.1) is 17.9 Å². The van der Waals surface area contributed by atoms with Crippen molar-refractivity contribution in [3.63, 3.8) is 0 Å². The summed E-state index contributed by atoms with van der Waals surface area (Å²) >= 11 is 0. The molecule has 0 saturated carbocycles. The van der Waals surface area contributed by atoms with Crippen molar-refractivity contribution >= 4 is 92.9 Å². The van der Waals surface area contributed by atoms with Crippen molar-refractivity contribution in [2.45, 2.75) is 0 Å². The summed E-state index contributed by atoms with van der Waals surface area (Å²) < 4.78 is 8.84. The van der Waals surface area contributed by atoms with Gasteiger partial charge in [-0.05, 0) is 96.4 Å². The largest absolute Gasteiger partial charge is 0.294 e. The Hall–Kier alpha value is -9.76. The highest BCUT2D eigenvalue weighted by Crippen LogP contribution is 2.37. The Morgan fingerprint density at radius 2 is 0.618 bits per heavy atom. The molecule has 0 radical (unpaired) electrons. The second-order valence-corrected chi connectivity index (χ2v) is 16.8. The molecule has 0 bridgehead atoms. The molecule has 0 aliphatic heterocycles. The van der Waals surface area contributed by atoms with Crippen LogP contribution in [0.4, 0.5) is 5.69 Å². The number of para-hydroxylation sites is 6. The highest BCUT2D eigenvalue weighted by atomic mass is 15.1. The molecule has 316 valence electrons. The highest BCUT2D eigenvalue weighted by molar-refractivity contribution is 6.12. The fraction of sp³-hybridized carbons (Fsp3) is 0. The molecular formula is C60H36N8. The third-order valence-corrected chi connectivity index (χ3v) is 13.1. The monoisotopic (exact) mass is 868 g/mol. The van der Waals surface area contributed by atoms with E-state index in [2.05, 4.69) is 169 Å². The van der Waals surface area contributed by atoms with Gasteiger partial charge in [-0.3, -0.25) is 18.3 Å². The third kappa shape index (κ3) is 5.92. The number of hydrogen-bond acceptors (Lipinski definition) is 3. The minimum atomic E-state index is 0.620. The number of nitrogens with zero attached hydrogens (tertiary/aromatic N) is 8. The van der Waals surface area contributed by atoms with E-state index in [1.165, 1.54) is 43.6 Å². The lowest BCUT2D eigenvalue weighted by atomic mass is 10.1. The van der Waals surface area contributed by atoms with Crippen LogP contribution >= 0.6 is 0 Å². The molecule has 0 atom stereocenters. The van der Waals surface area contributed by atoms with Crippen LogP contribution in [0.25, 0.3) is 115 Å². The number of fused-ring (bicyclic) bond motifs is 12. The van der Waals surface area contributed by atoms with E-state index >= 15 is 0 Å². The lowest BCUT2D eigenvalue weighted by Gasteiger charge is -2.11. The Morgan fingerprint density at radius 3 is 0.956 bits per heavy atom. The van der Waals surface area contributed by atoms with Crippen molar-refractivity contribution in [2.24, 2.45) is 0 Å². The SMILES string of the molecule is [C-]#[N+]c1ccc2c(c1)c1ccccc1n2-c1cccc(-n2c3ccccc3c3cc(C#N)ccc32)n1.c1cc(-n2c3ccccc3c3ccccc32)nc(-n2c3ccccc3c3ccccc32)c1. The van der Waals surface area contributed by atoms with Crippen LogP contribution in [0.2, 0.25) is 0 Å². The predicted molar refractivity (Wildman–Crippen MR) is 277 cm³/mol. The Balaban J connectivity index is 0.000000135. The molecule has 6 heterocycles. The topological polar surface area (TPSA) is 73.7 Å². The number of nitriles is 1. The van der Waals surface area contributed by atoms with Gasteiger partial charge in [-0.2, -0.15) is 5.26 Å². The maximum Gasteiger partial charge on any atom is 0.188 e. The molecule has 8 nitrogen and oxygen atoms in total. The van der Waals surface area contributed by atoms with Gasteiger partial charge in [0.05, 0.1) is 62.3 Å². The molecule has 0 spiro atoms. The average molecular weight is 869 g/mol. The zero-order chi connectivity index (χ0) is 45.3. The Bertz CT molecular complexity index is 4050. The summed E-state index contributed by atoms with van der Waals surface area (Å²) in [5, 5.41) is 18.7. The van der Waals surface area contributed by atoms with Crippen LogP contribution < -0.4 is 0 Å². The second kappa shape index (κ2) is 15.5. The number of pyridine rings is 2. The number of aromatic nitrogens is 6. The molecule has 0 fully saturated rings. The molecular weight excluding hydrogens is 833 g/mol. The lowest BCUT2D eigenvalue weighted by Crippen LogP contribution is -2.03. The van der Waals surface area contributed by atoms with E-state index in [-0.39, 0.29) is 0 Å². The van der Waals surface area contributed by atoms with Crippen molar-refractivity contribution in [1.29, 1.82) is 5.26 Å². The minimum absolute atomic E-state index is 0.620. The Labute approximate surface area is 389 Å². The van der Waals surface area contributed by atoms with Crippen LogP contribution in [-0.4, -0.2) is 28.2 Å². The zero-order valence-corrected chi connectivity index (χ0v) is 36.4. The van der Waals surface area contributed by atoms with E-state index in [4.69, 9.17) is 16.5 Å². The summed E-state index contributed by atoms with van der Waals surface area (Å²) in [5.41, 5.74) is 10.0. The molecule has 14 aromatic rings. The quantitative estimate of drug-likeness (QED) is 0.165. The van der Waals surface area contributed by atoms with Crippen molar-refractivity contribution in [2.75, 3.05) is 0 Å². The maximum atomic E-state index is 9.45. The summed E-state index contributed by atoms with van der Waals surface area (Å²) in [4.78, 5) is 14.0. The second-order valence-electron chi connectivity index (χ2n) is 16.8. The van der Waals surface area contributed by atoms with Gasteiger partial charge in [-0.15, -0.1) is 0 Å². The van der Waals surface area contributed by atoms with Gasteiger partial charge in [-0.1, -0.05) is 127 Å². The fourth-order valence-electron chi connectivity index (χ4n) is 10.2. The van der Waals surface area contributed by atoms with E-state index < -0.39 is 0 Å². The lowest BCUT2D eigenvalue weighted by molar-refractivity contribution is 1.01. The third-order valence-electron chi connectivity index (χ3n) is 13.1. The normalized spacial score (nSPS) is 11.5. The first-order valence-electron chi connectivity index (χ1n) is 22.4. The van der Waals surface area contributed by atoms with E-state index in [1.807, 2.05) is 78.9 Å². The van der Waals surface area contributed by atoms with Gasteiger partial charge in [0.25, 0.3) is 0 Å². The van der Waals surface area contributed by atoms with Crippen molar-refractivity contribution in [1.82, 2.24) is 28.2 Å². The summed E-state index contributed by atoms with van der Waals surface area (Å²) in [6, 6.07) is 76.8. The summed E-state index contributed by atoms with van der Waals surface area (Å²) in [5.74, 6) is 3.43. The molecule has 8 aromatic carbocycles. The van der Waals surface area contributed by atoms with Crippen LogP contribution in [0.5, 0.6) is 0 Å². The van der Waals surface area contributed by atoms with Crippen molar-refractivity contribution < 1.29 is 0 Å². The molecule has 0 saturated heterocycles. The zero-order valence-electron chi connectivity index (χ0n) is 36.4. The molecule has 0 aliphatic rings. The van der Waals surface area contributed by atoms with Gasteiger partial charge in [-0.25, -0.2) is 14.8 Å². The van der Waals surface area contributed by atoms with Gasteiger partial charge in [0.15, 0.2) is 5.69 Å². The first-order valence-corrected chi connectivity index (χ1v) is 22.4. The summed E-state index contributed by atoms with van der Waals surface area (Å²) in [6.45, 7) is 7.45. The number of benzene rings is 8. The van der Waals surface area contributed by atoms with Crippen LogP contribution in [0.1, 0.15) is 5.56 Å². The Morgan fingerprint density at radius 1 is 0.324 bits per heavy atom. The van der Waals surface area contributed by atoms with Crippen LogP contribution in [0.3, 0.4) is 0 Å². The Kier molecular flexibility index (Phi) is 8.79.